The molecule has 2 aromatic rings. The van der Waals surface area contributed by atoms with E-state index in [9.17, 15) is 4.39 Å². The molecule has 2 rings (SSSR count). The Morgan fingerprint density at radius 3 is 2.45 bits per heavy atom. The maximum absolute atomic E-state index is 13.9. The predicted molar refractivity (Wildman–Crippen MR) is 86.9 cm³/mol. The second kappa shape index (κ2) is 7.24. The largest absolute Gasteiger partial charge is 0.207 e. The van der Waals surface area contributed by atoms with E-state index in [2.05, 4.69) is 35.0 Å². The Morgan fingerprint density at radius 2 is 1.80 bits per heavy atom. The van der Waals surface area contributed by atoms with Crippen LogP contribution in [0.3, 0.4) is 0 Å². The van der Waals surface area contributed by atoms with Gasteiger partial charge in [-0.05, 0) is 54.5 Å². The third-order valence-electron chi connectivity index (χ3n) is 3.51. The third kappa shape index (κ3) is 4.07. The zero-order valence-electron chi connectivity index (χ0n) is 11.4. The van der Waals surface area contributed by atoms with Gasteiger partial charge in [0.1, 0.15) is 5.82 Å². The van der Waals surface area contributed by atoms with Crippen molar-refractivity contribution in [3.05, 3.63) is 69.4 Å². The highest BCUT2D eigenvalue weighted by Crippen LogP contribution is 2.22. The maximum atomic E-state index is 13.9. The van der Waals surface area contributed by atoms with Crippen molar-refractivity contribution in [3.63, 3.8) is 0 Å². The lowest BCUT2D eigenvalue weighted by atomic mass is 9.92. The monoisotopic (exact) mass is 354 g/mol. The summed E-state index contributed by atoms with van der Waals surface area (Å²) in [5.74, 6) is 0.608. The highest BCUT2D eigenvalue weighted by atomic mass is 79.9. The van der Waals surface area contributed by atoms with Crippen LogP contribution in [0.25, 0.3) is 0 Å². The summed E-state index contributed by atoms with van der Waals surface area (Å²) in [5, 5.41) is 0. The van der Waals surface area contributed by atoms with Crippen LogP contribution in [0.1, 0.15) is 16.7 Å². The number of aryl methyl sites for hydroxylation is 1. The van der Waals surface area contributed by atoms with Crippen molar-refractivity contribution in [2.45, 2.75) is 19.8 Å². The van der Waals surface area contributed by atoms with Crippen LogP contribution in [0.5, 0.6) is 0 Å². The molecule has 20 heavy (non-hydrogen) atoms. The zero-order valence-corrected chi connectivity index (χ0v) is 13.7. The van der Waals surface area contributed by atoms with Crippen molar-refractivity contribution in [1.29, 1.82) is 0 Å². The fourth-order valence-electron chi connectivity index (χ4n) is 2.33. The van der Waals surface area contributed by atoms with Gasteiger partial charge in [0.25, 0.3) is 0 Å². The molecule has 0 heterocycles. The van der Waals surface area contributed by atoms with Gasteiger partial charge in [-0.25, -0.2) is 4.39 Å². The first-order valence-corrected chi connectivity index (χ1v) is 7.97. The molecule has 1 atom stereocenters. The molecule has 0 aliphatic heterocycles. The molecule has 1 unspecified atom stereocenters. The summed E-state index contributed by atoms with van der Waals surface area (Å²) >= 11 is 9.35. The number of hydrogen-bond acceptors (Lipinski definition) is 0. The highest BCUT2D eigenvalue weighted by molar-refractivity contribution is 9.10. The number of benzene rings is 2. The molecule has 0 N–H and O–H groups in total. The lowest BCUT2D eigenvalue weighted by molar-refractivity contribution is 0.545. The molecule has 0 radical (unpaired) electrons. The molecule has 0 nitrogen and oxygen atoms in total. The molecular formula is C17H17BrClF. The van der Waals surface area contributed by atoms with Crippen LogP contribution < -0.4 is 0 Å². The van der Waals surface area contributed by atoms with Crippen LogP contribution in [0, 0.1) is 18.7 Å². The van der Waals surface area contributed by atoms with E-state index in [4.69, 9.17) is 11.6 Å². The SMILES string of the molecule is Cc1ccccc1CC(CCl)Cc1ccc(Br)cc1F. The zero-order chi connectivity index (χ0) is 14.5. The summed E-state index contributed by atoms with van der Waals surface area (Å²) in [5.41, 5.74) is 3.28. The summed E-state index contributed by atoms with van der Waals surface area (Å²) in [7, 11) is 0. The Labute approximate surface area is 133 Å². The quantitative estimate of drug-likeness (QED) is 0.618. The predicted octanol–water partition coefficient (Wildman–Crippen LogP) is 5.54. The number of hydrogen-bond donors (Lipinski definition) is 0. The van der Waals surface area contributed by atoms with Crippen molar-refractivity contribution >= 4 is 27.5 Å². The van der Waals surface area contributed by atoms with Gasteiger partial charge in [0.2, 0.25) is 0 Å². The molecule has 0 saturated carbocycles. The third-order valence-corrected chi connectivity index (χ3v) is 4.44. The van der Waals surface area contributed by atoms with Gasteiger partial charge in [-0.2, -0.15) is 0 Å². The number of halogens is 3. The lowest BCUT2D eigenvalue weighted by Crippen LogP contribution is -2.12. The molecule has 0 amide bonds. The topological polar surface area (TPSA) is 0 Å². The fraction of sp³-hybridized carbons (Fsp3) is 0.294. The first-order chi connectivity index (χ1) is 9.60. The van der Waals surface area contributed by atoms with E-state index >= 15 is 0 Å². The van der Waals surface area contributed by atoms with E-state index in [1.165, 1.54) is 17.2 Å². The van der Waals surface area contributed by atoms with E-state index in [0.717, 1.165) is 16.5 Å². The van der Waals surface area contributed by atoms with Gasteiger partial charge in [0, 0.05) is 10.4 Å². The van der Waals surface area contributed by atoms with Gasteiger partial charge in [0.15, 0.2) is 0 Å². The minimum Gasteiger partial charge on any atom is -0.207 e. The second-order valence-electron chi connectivity index (χ2n) is 5.09. The van der Waals surface area contributed by atoms with Gasteiger partial charge in [0.05, 0.1) is 0 Å². The number of rotatable bonds is 5. The van der Waals surface area contributed by atoms with Gasteiger partial charge < -0.3 is 0 Å². The summed E-state index contributed by atoms with van der Waals surface area (Å²) in [6, 6.07) is 13.5. The smallest absolute Gasteiger partial charge is 0.127 e. The molecule has 106 valence electrons. The van der Waals surface area contributed by atoms with Crippen LogP contribution in [-0.2, 0) is 12.8 Å². The average molecular weight is 356 g/mol. The van der Waals surface area contributed by atoms with E-state index in [1.54, 1.807) is 0 Å². The molecule has 2 aromatic carbocycles. The Hall–Kier alpha value is -0.860. The molecule has 3 heteroatoms. The van der Waals surface area contributed by atoms with Crippen molar-refractivity contribution in [2.75, 3.05) is 5.88 Å². The minimum atomic E-state index is -0.167. The van der Waals surface area contributed by atoms with Crippen molar-refractivity contribution in [1.82, 2.24) is 0 Å². The molecule has 0 aliphatic carbocycles. The molecular weight excluding hydrogens is 339 g/mol. The molecule has 0 fully saturated rings. The Morgan fingerprint density at radius 1 is 1.10 bits per heavy atom. The average Bonchev–Trinajstić information content (AvgIpc) is 2.43. The van der Waals surface area contributed by atoms with Gasteiger partial charge in [-0.3, -0.25) is 0 Å². The molecule has 0 saturated heterocycles. The fourth-order valence-corrected chi connectivity index (χ4v) is 2.88. The maximum Gasteiger partial charge on any atom is 0.127 e. The molecule has 0 spiro atoms. The van der Waals surface area contributed by atoms with E-state index in [0.29, 0.717) is 12.3 Å². The van der Waals surface area contributed by atoms with E-state index < -0.39 is 0 Å². The van der Waals surface area contributed by atoms with Crippen molar-refractivity contribution in [3.8, 4) is 0 Å². The Balaban J connectivity index is 2.11. The van der Waals surface area contributed by atoms with Crippen molar-refractivity contribution in [2.24, 2.45) is 5.92 Å². The van der Waals surface area contributed by atoms with Crippen molar-refractivity contribution < 1.29 is 4.39 Å². The van der Waals surface area contributed by atoms with E-state index in [1.807, 2.05) is 24.3 Å². The summed E-state index contributed by atoms with van der Waals surface area (Å²) in [6.07, 6.45) is 1.54. The molecule has 0 bridgehead atoms. The van der Waals surface area contributed by atoms with Crippen LogP contribution in [0.4, 0.5) is 4.39 Å². The van der Waals surface area contributed by atoms with E-state index in [-0.39, 0.29) is 11.7 Å². The molecule has 0 aromatic heterocycles. The van der Waals surface area contributed by atoms with Crippen LogP contribution in [0.2, 0.25) is 0 Å². The summed E-state index contributed by atoms with van der Waals surface area (Å²) in [6.45, 7) is 2.10. The van der Waals surface area contributed by atoms with Crippen LogP contribution in [0.15, 0.2) is 46.9 Å². The normalized spacial score (nSPS) is 12.4. The second-order valence-corrected chi connectivity index (χ2v) is 6.32. The molecule has 0 aliphatic rings. The first kappa shape index (κ1) is 15.5. The van der Waals surface area contributed by atoms with Crippen LogP contribution >= 0.6 is 27.5 Å². The standard InChI is InChI=1S/C17H17BrClF/c1-12-4-2-3-5-14(12)8-13(11-19)9-15-6-7-16(18)10-17(15)20/h2-7,10,13H,8-9,11H2,1H3. The Bertz CT molecular complexity index is 583. The first-order valence-electron chi connectivity index (χ1n) is 6.64. The summed E-state index contributed by atoms with van der Waals surface area (Å²) < 4.78 is 14.7. The lowest BCUT2D eigenvalue weighted by Gasteiger charge is -2.16. The van der Waals surface area contributed by atoms with Crippen LogP contribution in [-0.4, -0.2) is 5.88 Å². The summed E-state index contributed by atoms with van der Waals surface area (Å²) in [4.78, 5) is 0. The van der Waals surface area contributed by atoms with Gasteiger partial charge in [-0.15, -0.1) is 11.6 Å². The van der Waals surface area contributed by atoms with Gasteiger partial charge in [-0.1, -0.05) is 46.3 Å². The minimum absolute atomic E-state index is 0.167. The van der Waals surface area contributed by atoms with Gasteiger partial charge >= 0.3 is 0 Å². The Kier molecular flexibility index (Phi) is 5.62. The number of alkyl halides is 1. The highest BCUT2D eigenvalue weighted by Gasteiger charge is 2.13.